The standard InChI is InChI=1S/C21H25N9OS2/c1-13-27-28-21(32-13)25-18-23-19(30-11-9-29(2)10-12-30)26-20(24-18)33-16-7-5-15(6-8-16)22-17(31)14-3-4-14/h5-8,14H,3-4,9-12H2,1-2H3,(H,22,31)(H,23,24,25,26,28). The van der Waals surface area contributed by atoms with E-state index in [-0.39, 0.29) is 11.8 Å². The third-order valence-electron chi connectivity index (χ3n) is 5.41. The summed E-state index contributed by atoms with van der Waals surface area (Å²) in [5, 5.41) is 16.4. The number of carbonyl (C=O) groups excluding carboxylic acids is 1. The van der Waals surface area contributed by atoms with Gasteiger partial charge in [0.25, 0.3) is 0 Å². The first-order chi connectivity index (χ1) is 16.0. The SMILES string of the molecule is Cc1nnc(Nc2nc(Sc3ccc(NC(=O)C4CC4)cc3)nc(N3CCN(C)CC3)n2)s1. The molecule has 33 heavy (non-hydrogen) atoms. The van der Waals surface area contributed by atoms with Gasteiger partial charge in [-0.2, -0.15) is 15.0 Å². The van der Waals surface area contributed by atoms with Crippen molar-refractivity contribution in [3.8, 4) is 0 Å². The van der Waals surface area contributed by atoms with Gasteiger partial charge >= 0.3 is 0 Å². The van der Waals surface area contributed by atoms with Crippen LogP contribution in [0.4, 0.5) is 22.7 Å². The van der Waals surface area contributed by atoms with Gasteiger partial charge in [0.15, 0.2) is 5.16 Å². The van der Waals surface area contributed by atoms with Gasteiger partial charge in [0.1, 0.15) is 5.01 Å². The maximum atomic E-state index is 12.0. The van der Waals surface area contributed by atoms with Crippen LogP contribution in [-0.4, -0.2) is 69.2 Å². The Morgan fingerprint density at radius 1 is 1.06 bits per heavy atom. The summed E-state index contributed by atoms with van der Waals surface area (Å²) in [6, 6.07) is 7.75. The quantitative estimate of drug-likeness (QED) is 0.520. The van der Waals surface area contributed by atoms with Crippen LogP contribution >= 0.6 is 23.1 Å². The van der Waals surface area contributed by atoms with E-state index in [2.05, 4.69) is 47.6 Å². The lowest BCUT2D eigenvalue weighted by Crippen LogP contribution is -2.45. The summed E-state index contributed by atoms with van der Waals surface area (Å²) in [7, 11) is 2.12. The van der Waals surface area contributed by atoms with E-state index in [1.165, 1.54) is 23.1 Å². The number of aromatic nitrogens is 5. The molecule has 0 bridgehead atoms. The van der Waals surface area contributed by atoms with Crippen molar-refractivity contribution in [1.82, 2.24) is 30.0 Å². The normalized spacial score (nSPS) is 16.6. The molecule has 2 aromatic heterocycles. The lowest BCUT2D eigenvalue weighted by molar-refractivity contribution is -0.117. The summed E-state index contributed by atoms with van der Waals surface area (Å²) in [5.74, 6) is 1.39. The van der Waals surface area contributed by atoms with Gasteiger partial charge in [0.05, 0.1) is 0 Å². The highest BCUT2D eigenvalue weighted by molar-refractivity contribution is 7.99. The van der Waals surface area contributed by atoms with E-state index in [1.807, 2.05) is 31.2 Å². The molecule has 0 spiro atoms. The summed E-state index contributed by atoms with van der Waals surface area (Å²) in [6.45, 7) is 5.54. The number of amides is 1. The lowest BCUT2D eigenvalue weighted by atomic mass is 10.3. The minimum absolute atomic E-state index is 0.104. The second-order valence-corrected chi connectivity index (χ2v) is 10.4. The van der Waals surface area contributed by atoms with Crippen LogP contribution in [0.3, 0.4) is 0 Å². The van der Waals surface area contributed by atoms with Gasteiger partial charge in [0.2, 0.25) is 22.9 Å². The fourth-order valence-electron chi connectivity index (χ4n) is 3.34. The molecule has 1 amide bonds. The number of benzene rings is 1. The number of nitrogens with one attached hydrogen (secondary N) is 2. The molecule has 1 saturated carbocycles. The molecule has 2 N–H and O–H groups in total. The third kappa shape index (κ3) is 5.75. The molecular weight excluding hydrogens is 458 g/mol. The number of piperazine rings is 1. The van der Waals surface area contributed by atoms with E-state index in [9.17, 15) is 4.79 Å². The van der Waals surface area contributed by atoms with Crippen molar-refractivity contribution in [2.24, 2.45) is 5.92 Å². The zero-order chi connectivity index (χ0) is 22.8. The highest BCUT2D eigenvalue weighted by atomic mass is 32.2. The monoisotopic (exact) mass is 483 g/mol. The first kappa shape index (κ1) is 22.0. The smallest absolute Gasteiger partial charge is 0.234 e. The highest BCUT2D eigenvalue weighted by Gasteiger charge is 2.29. The average molecular weight is 484 g/mol. The molecule has 1 aromatic carbocycles. The number of anilines is 4. The lowest BCUT2D eigenvalue weighted by Gasteiger charge is -2.32. The average Bonchev–Trinajstić information content (AvgIpc) is 3.58. The fourth-order valence-corrected chi connectivity index (χ4v) is 4.67. The van der Waals surface area contributed by atoms with Crippen LogP contribution in [0.5, 0.6) is 0 Å². The predicted molar refractivity (Wildman–Crippen MR) is 129 cm³/mol. The van der Waals surface area contributed by atoms with Gasteiger partial charge in [0, 0.05) is 42.7 Å². The van der Waals surface area contributed by atoms with Crippen molar-refractivity contribution < 1.29 is 4.79 Å². The molecule has 1 aliphatic carbocycles. The van der Waals surface area contributed by atoms with E-state index in [1.54, 1.807) is 0 Å². The first-order valence-electron chi connectivity index (χ1n) is 10.9. The van der Waals surface area contributed by atoms with Crippen LogP contribution in [0, 0.1) is 12.8 Å². The summed E-state index contributed by atoms with van der Waals surface area (Å²) >= 11 is 2.91. The molecule has 0 radical (unpaired) electrons. The highest BCUT2D eigenvalue weighted by Crippen LogP contribution is 2.32. The van der Waals surface area contributed by atoms with E-state index in [0.717, 1.165) is 54.6 Å². The second kappa shape index (κ2) is 9.57. The van der Waals surface area contributed by atoms with Crippen LogP contribution in [0.25, 0.3) is 0 Å². The van der Waals surface area contributed by atoms with Crippen LogP contribution in [-0.2, 0) is 4.79 Å². The topological polar surface area (TPSA) is 112 Å². The van der Waals surface area contributed by atoms with Crippen molar-refractivity contribution in [3.63, 3.8) is 0 Å². The summed E-state index contributed by atoms with van der Waals surface area (Å²) in [4.78, 5) is 31.4. The number of hydrogen-bond donors (Lipinski definition) is 2. The predicted octanol–water partition coefficient (Wildman–Crippen LogP) is 3.03. The van der Waals surface area contributed by atoms with E-state index >= 15 is 0 Å². The molecule has 12 heteroatoms. The minimum Gasteiger partial charge on any atom is -0.338 e. The Hall–Kier alpha value is -2.83. The fraction of sp³-hybridized carbons (Fsp3) is 0.429. The number of rotatable bonds is 7. The molecule has 5 rings (SSSR count). The maximum Gasteiger partial charge on any atom is 0.234 e. The molecule has 2 fully saturated rings. The van der Waals surface area contributed by atoms with Crippen molar-refractivity contribution in [1.29, 1.82) is 0 Å². The number of carbonyl (C=O) groups is 1. The van der Waals surface area contributed by atoms with Crippen LogP contribution in [0.1, 0.15) is 17.8 Å². The summed E-state index contributed by atoms with van der Waals surface area (Å²) < 4.78 is 0. The minimum atomic E-state index is 0.104. The number of likely N-dealkylation sites (N-methyl/N-ethyl adjacent to an activating group) is 1. The van der Waals surface area contributed by atoms with Crippen LogP contribution < -0.4 is 15.5 Å². The molecular formula is C21H25N9OS2. The van der Waals surface area contributed by atoms with Gasteiger partial charge < -0.3 is 15.1 Å². The van der Waals surface area contributed by atoms with Gasteiger partial charge in [-0.25, -0.2) is 0 Å². The number of nitrogens with zero attached hydrogens (tertiary/aromatic N) is 7. The van der Waals surface area contributed by atoms with Crippen LogP contribution in [0.2, 0.25) is 0 Å². The molecule has 0 atom stereocenters. The van der Waals surface area contributed by atoms with Crippen molar-refractivity contribution >= 4 is 51.7 Å². The van der Waals surface area contributed by atoms with Gasteiger partial charge in [-0.3, -0.25) is 10.1 Å². The summed E-state index contributed by atoms with van der Waals surface area (Å²) in [6.07, 6.45) is 1.98. The summed E-state index contributed by atoms with van der Waals surface area (Å²) in [5.41, 5.74) is 0.805. The molecule has 172 valence electrons. The number of aryl methyl sites for hydroxylation is 1. The Labute approximate surface area is 200 Å². The Kier molecular flexibility index (Phi) is 6.38. The molecule has 0 unspecified atom stereocenters. The van der Waals surface area contributed by atoms with Gasteiger partial charge in [-0.05, 0) is 62.8 Å². The Morgan fingerprint density at radius 3 is 2.48 bits per heavy atom. The molecule has 10 nitrogen and oxygen atoms in total. The van der Waals surface area contributed by atoms with E-state index < -0.39 is 0 Å². The van der Waals surface area contributed by atoms with Crippen molar-refractivity contribution in [2.75, 3.05) is 48.8 Å². The van der Waals surface area contributed by atoms with Gasteiger partial charge in [-0.15, -0.1) is 10.2 Å². The molecule has 2 aliphatic rings. The first-order valence-corrected chi connectivity index (χ1v) is 12.5. The largest absolute Gasteiger partial charge is 0.338 e. The zero-order valence-corrected chi connectivity index (χ0v) is 20.1. The molecule has 1 aliphatic heterocycles. The molecule has 1 saturated heterocycles. The zero-order valence-electron chi connectivity index (χ0n) is 18.5. The Bertz CT molecular complexity index is 1130. The van der Waals surface area contributed by atoms with Crippen molar-refractivity contribution in [2.45, 2.75) is 29.8 Å². The maximum absolute atomic E-state index is 12.0. The molecule has 3 aromatic rings. The second-order valence-electron chi connectivity index (χ2n) is 8.17. The van der Waals surface area contributed by atoms with Gasteiger partial charge in [-0.1, -0.05) is 11.3 Å². The van der Waals surface area contributed by atoms with E-state index in [0.29, 0.717) is 22.2 Å². The van der Waals surface area contributed by atoms with E-state index in [4.69, 9.17) is 4.98 Å². The van der Waals surface area contributed by atoms with Crippen LogP contribution in [0.15, 0.2) is 34.3 Å². The number of hydrogen-bond acceptors (Lipinski definition) is 11. The Balaban J connectivity index is 1.35. The Morgan fingerprint density at radius 2 is 1.82 bits per heavy atom. The van der Waals surface area contributed by atoms with Crippen molar-refractivity contribution in [3.05, 3.63) is 29.3 Å². The molecule has 3 heterocycles. The third-order valence-corrected chi connectivity index (χ3v) is 7.04.